The van der Waals surface area contributed by atoms with E-state index in [0.29, 0.717) is 23.8 Å². The van der Waals surface area contributed by atoms with Crippen molar-refractivity contribution >= 4 is 17.5 Å². The Hall–Kier alpha value is -2.86. The van der Waals surface area contributed by atoms with Crippen LogP contribution in [0.4, 0.5) is 5.69 Å². The molecule has 2 amide bonds. The van der Waals surface area contributed by atoms with Gasteiger partial charge in [-0.2, -0.15) is 0 Å². The van der Waals surface area contributed by atoms with Crippen LogP contribution in [-0.4, -0.2) is 43.0 Å². The third kappa shape index (κ3) is 4.86. The van der Waals surface area contributed by atoms with Gasteiger partial charge in [-0.25, -0.2) is 0 Å². The second-order valence-electron chi connectivity index (χ2n) is 6.78. The van der Waals surface area contributed by atoms with Crippen LogP contribution in [0.2, 0.25) is 0 Å². The molecule has 1 heterocycles. The normalized spacial score (nSPS) is 16.9. The summed E-state index contributed by atoms with van der Waals surface area (Å²) in [7, 11) is 1.66. The number of hydrogen-bond acceptors (Lipinski definition) is 4. The summed E-state index contributed by atoms with van der Waals surface area (Å²) in [6.07, 6.45) is 3.04. The standard InChI is InChI=1S/C21H25N3O3/c1-27-17-10-8-15(9-11-17)13-16-5-4-12-24(16)14-20(25)23-19-7-3-2-6-18(19)21(22)26/h2-3,6-11,16H,4-5,12-14H2,1H3,(H2,22,26)(H,23,25)/t16-/m0/s1. The van der Waals surface area contributed by atoms with Crippen LogP contribution >= 0.6 is 0 Å². The lowest BCUT2D eigenvalue weighted by Gasteiger charge is -2.24. The monoisotopic (exact) mass is 367 g/mol. The number of likely N-dealkylation sites (tertiary alicyclic amines) is 1. The van der Waals surface area contributed by atoms with E-state index in [-0.39, 0.29) is 5.91 Å². The first-order valence-electron chi connectivity index (χ1n) is 9.12. The molecule has 3 N–H and O–H groups in total. The highest BCUT2D eigenvalue weighted by Gasteiger charge is 2.26. The van der Waals surface area contributed by atoms with Crippen molar-refractivity contribution in [3.8, 4) is 5.75 Å². The molecule has 0 bridgehead atoms. The van der Waals surface area contributed by atoms with E-state index in [1.165, 1.54) is 5.56 Å². The summed E-state index contributed by atoms with van der Waals surface area (Å²) in [6.45, 7) is 1.19. The fraction of sp³-hybridized carbons (Fsp3) is 0.333. The van der Waals surface area contributed by atoms with Gasteiger partial charge < -0.3 is 15.8 Å². The summed E-state index contributed by atoms with van der Waals surface area (Å²) in [6, 6.07) is 15.2. The van der Waals surface area contributed by atoms with Crippen molar-refractivity contribution in [2.24, 2.45) is 5.73 Å². The number of rotatable bonds is 7. The molecule has 2 aromatic rings. The first-order valence-corrected chi connectivity index (χ1v) is 9.12. The molecule has 1 fully saturated rings. The van der Waals surface area contributed by atoms with Crippen molar-refractivity contribution < 1.29 is 14.3 Å². The molecule has 1 aliphatic rings. The number of methoxy groups -OCH3 is 1. The molecule has 6 nitrogen and oxygen atoms in total. The first kappa shape index (κ1) is 18.9. The zero-order valence-electron chi connectivity index (χ0n) is 15.5. The van der Waals surface area contributed by atoms with Crippen molar-refractivity contribution in [3.63, 3.8) is 0 Å². The highest BCUT2D eigenvalue weighted by Crippen LogP contribution is 2.22. The maximum atomic E-state index is 12.5. The van der Waals surface area contributed by atoms with Crippen molar-refractivity contribution in [3.05, 3.63) is 59.7 Å². The number of benzene rings is 2. The first-order chi connectivity index (χ1) is 13.1. The summed E-state index contributed by atoms with van der Waals surface area (Å²) in [5.41, 5.74) is 7.38. The molecule has 0 unspecified atom stereocenters. The molecule has 0 saturated carbocycles. The summed E-state index contributed by atoms with van der Waals surface area (Å²) >= 11 is 0. The third-order valence-electron chi connectivity index (χ3n) is 4.94. The van der Waals surface area contributed by atoms with Crippen LogP contribution in [-0.2, 0) is 11.2 Å². The molecule has 142 valence electrons. The van der Waals surface area contributed by atoms with E-state index in [4.69, 9.17) is 10.5 Å². The van der Waals surface area contributed by atoms with Crippen molar-refractivity contribution in [1.82, 2.24) is 4.90 Å². The minimum Gasteiger partial charge on any atom is -0.497 e. The van der Waals surface area contributed by atoms with E-state index in [1.807, 2.05) is 12.1 Å². The quantitative estimate of drug-likeness (QED) is 0.787. The van der Waals surface area contributed by atoms with E-state index >= 15 is 0 Å². The molecule has 3 rings (SSSR count). The Morgan fingerprint density at radius 1 is 1.19 bits per heavy atom. The smallest absolute Gasteiger partial charge is 0.250 e. The Bertz CT molecular complexity index is 805. The van der Waals surface area contributed by atoms with Crippen LogP contribution in [0, 0.1) is 0 Å². The third-order valence-corrected chi connectivity index (χ3v) is 4.94. The Morgan fingerprint density at radius 2 is 1.93 bits per heavy atom. The van der Waals surface area contributed by atoms with Gasteiger partial charge in [0.1, 0.15) is 5.75 Å². The second kappa shape index (κ2) is 8.68. The zero-order valence-corrected chi connectivity index (χ0v) is 15.5. The number of para-hydroxylation sites is 1. The Morgan fingerprint density at radius 3 is 2.63 bits per heavy atom. The highest BCUT2D eigenvalue weighted by atomic mass is 16.5. The lowest BCUT2D eigenvalue weighted by Crippen LogP contribution is -2.38. The van der Waals surface area contributed by atoms with E-state index in [1.54, 1.807) is 31.4 Å². The number of nitrogens with one attached hydrogen (secondary N) is 1. The number of nitrogens with two attached hydrogens (primary N) is 1. The summed E-state index contributed by atoms with van der Waals surface area (Å²) < 4.78 is 5.20. The molecular weight excluding hydrogens is 342 g/mol. The predicted octanol–water partition coefficient (Wildman–Crippen LogP) is 2.44. The van der Waals surface area contributed by atoms with Crippen LogP contribution in [0.1, 0.15) is 28.8 Å². The van der Waals surface area contributed by atoms with Gasteiger partial charge in [-0.15, -0.1) is 0 Å². The number of amides is 2. The summed E-state index contributed by atoms with van der Waals surface area (Å²) in [4.78, 5) is 26.2. The number of carbonyl (C=O) groups is 2. The van der Waals surface area contributed by atoms with E-state index in [9.17, 15) is 9.59 Å². The fourth-order valence-electron chi connectivity index (χ4n) is 3.55. The van der Waals surface area contributed by atoms with Crippen LogP contribution in [0.3, 0.4) is 0 Å². The van der Waals surface area contributed by atoms with Gasteiger partial charge in [0.25, 0.3) is 5.91 Å². The topological polar surface area (TPSA) is 84.7 Å². The van der Waals surface area contributed by atoms with Gasteiger partial charge in [0.15, 0.2) is 0 Å². The molecule has 0 aromatic heterocycles. The predicted molar refractivity (Wildman–Crippen MR) is 105 cm³/mol. The summed E-state index contributed by atoms with van der Waals surface area (Å²) in [5.74, 6) is 0.157. The lowest BCUT2D eigenvalue weighted by atomic mass is 10.0. The molecule has 1 aliphatic heterocycles. The van der Waals surface area contributed by atoms with Crippen LogP contribution in [0.15, 0.2) is 48.5 Å². The molecule has 2 aromatic carbocycles. The number of primary amides is 1. The number of carbonyl (C=O) groups excluding carboxylic acids is 2. The number of anilines is 1. The Kier molecular flexibility index (Phi) is 6.08. The van der Waals surface area contributed by atoms with E-state index in [2.05, 4.69) is 22.3 Å². The van der Waals surface area contributed by atoms with Gasteiger partial charge in [-0.05, 0) is 55.6 Å². The average Bonchev–Trinajstić information content (AvgIpc) is 3.09. The van der Waals surface area contributed by atoms with Crippen molar-refractivity contribution in [2.45, 2.75) is 25.3 Å². The van der Waals surface area contributed by atoms with Crippen LogP contribution < -0.4 is 15.8 Å². The van der Waals surface area contributed by atoms with Gasteiger partial charge in [0.05, 0.1) is 24.9 Å². The summed E-state index contributed by atoms with van der Waals surface area (Å²) in [5, 5.41) is 2.82. The SMILES string of the molecule is COc1ccc(C[C@@H]2CCCN2CC(=O)Nc2ccccc2C(N)=O)cc1. The minimum absolute atomic E-state index is 0.134. The molecule has 6 heteroatoms. The second-order valence-corrected chi connectivity index (χ2v) is 6.78. The van der Waals surface area contributed by atoms with Crippen molar-refractivity contribution in [1.29, 1.82) is 0 Å². The fourth-order valence-corrected chi connectivity index (χ4v) is 3.55. The number of nitrogens with zero attached hydrogens (tertiary/aromatic N) is 1. The highest BCUT2D eigenvalue weighted by molar-refractivity contribution is 6.03. The molecule has 27 heavy (non-hydrogen) atoms. The van der Waals surface area contributed by atoms with E-state index < -0.39 is 5.91 Å². The van der Waals surface area contributed by atoms with Crippen LogP contribution in [0.25, 0.3) is 0 Å². The van der Waals surface area contributed by atoms with Gasteiger partial charge in [-0.3, -0.25) is 14.5 Å². The lowest BCUT2D eigenvalue weighted by molar-refractivity contribution is -0.117. The molecule has 1 saturated heterocycles. The maximum Gasteiger partial charge on any atom is 0.250 e. The molecule has 0 spiro atoms. The van der Waals surface area contributed by atoms with Gasteiger partial charge in [0.2, 0.25) is 5.91 Å². The van der Waals surface area contributed by atoms with E-state index in [0.717, 1.165) is 31.6 Å². The zero-order chi connectivity index (χ0) is 19.2. The number of ether oxygens (including phenoxy) is 1. The maximum absolute atomic E-state index is 12.5. The Labute approximate surface area is 159 Å². The number of hydrogen-bond donors (Lipinski definition) is 2. The molecule has 0 aliphatic carbocycles. The van der Waals surface area contributed by atoms with Crippen molar-refractivity contribution in [2.75, 3.05) is 25.5 Å². The largest absolute Gasteiger partial charge is 0.497 e. The van der Waals surface area contributed by atoms with Crippen LogP contribution in [0.5, 0.6) is 5.75 Å². The molecular formula is C21H25N3O3. The minimum atomic E-state index is -0.551. The Balaban J connectivity index is 1.60. The van der Waals surface area contributed by atoms with Gasteiger partial charge in [0, 0.05) is 6.04 Å². The molecule has 1 atom stereocenters. The van der Waals surface area contributed by atoms with Gasteiger partial charge in [-0.1, -0.05) is 24.3 Å². The average molecular weight is 367 g/mol. The van der Waals surface area contributed by atoms with Gasteiger partial charge >= 0.3 is 0 Å². The molecule has 0 radical (unpaired) electrons.